The Balaban J connectivity index is 2.02. The topological polar surface area (TPSA) is 159 Å². The fourth-order valence-electron chi connectivity index (χ4n) is 3.28. The Morgan fingerprint density at radius 2 is 2.00 bits per heavy atom. The average molecular weight is 520 g/mol. The number of furan rings is 1. The minimum atomic E-state index is -4.17. The molecule has 0 saturated carbocycles. The number of ether oxygens (including phenoxy) is 1. The largest absolute Gasteiger partial charge is 0.467 e. The Hall–Kier alpha value is -3.71. The van der Waals surface area contributed by atoms with Gasteiger partial charge in [-0.05, 0) is 52.3 Å². The maximum atomic E-state index is 13.1. The number of carbonyl (C=O) groups excluding carboxylic acids is 1. The first-order chi connectivity index (χ1) is 16.9. The normalized spacial score (nSPS) is 12.5. The van der Waals surface area contributed by atoms with Crippen LogP contribution >= 0.6 is 0 Å². The maximum absolute atomic E-state index is 13.1. The van der Waals surface area contributed by atoms with Crippen molar-refractivity contribution in [3.63, 3.8) is 0 Å². The van der Waals surface area contributed by atoms with Crippen molar-refractivity contribution in [2.24, 2.45) is 0 Å². The SMILES string of the molecule is CC[C@@H](C)NS(=O)(=O)c1cc([N+](=O)[O-])ccc1Oc1c(C)c(C(=O)NCc2ccco2)nn1C(C)C. The highest BCUT2D eigenvalue weighted by Crippen LogP contribution is 2.35. The minimum absolute atomic E-state index is 0.0919. The van der Waals surface area contributed by atoms with E-state index in [9.17, 15) is 23.3 Å². The van der Waals surface area contributed by atoms with Crippen LogP contribution in [0.25, 0.3) is 0 Å². The number of nitrogens with zero attached hydrogens (tertiary/aromatic N) is 3. The van der Waals surface area contributed by atoms with Gasteiger partial charge >= 0.3 is 0 Å². The van der Waals surface area contributed by atoms with Crippen molar-refractivity contribution in [3.05, 3.63) is 63.7 Å². The van der Waals surface area contributed by atoms with Gasteiger partial charge in [-0.3, -0.25) is 14.9 Å². The van der Waals surface area contributed by atoms with Gasteiger partial charge in [0.05, 0.1) is 23.8 Å². The molecule has 3 rings (SSSR count). The summed E-state index contributed by atoms with van der Waals surface area (Å²) in [5.74, 6) is 0.101. The number of sulfonamides is 1. The van der Waals surface area contributed by atoms with Crippen molar-refractivity contribution in [2.45, 2.75) is 64.6 Å². The number of hydrogen-bond donors (Lipinski definition) is 2. The third-order valence-corrected chi connectivity index (χ3v) is 7.01. The molecule has 1 aromatic carbocycles. The number of carbonyl (C=O) groups is 1. The van der Waals surface area contributed by atoms with Crippen LogP contribution in [0.4, 0.5) is 5.69 Å². The van der Waals surface area contributed by atoms with Crippen molar-refractivity contribution in [1.29, 1.82) is 0 Å². The van der Waals surface area contributed by atoms with E-state index in [-0.39, 0.29) is 29.9 Å². The summed E-state index contributed by atoms with van der Waals surface area (Å²) in [5.41, 5.74) is 0.0606. The van der Waals surface area contributed by atoms with Crippen molar-refractivity contribution < 1.29 is 27.3 Å². The maximum Gasteiger partial charge on any atom is 0.272 e. The molecule has 0 aliphatic rings. The molecule has 1 atom stereocenters. The van der Waals surface area contributed by atoms with E-state index in [1.807, 2.05) is 13.8 Å². The zero-order valence-corrected chi connectivity index (χ0v) is 21.5. The second-order valence-electron chi connectivity index (χ2n) is 8.50. The highest BCUT2D eigenvalue weighted by Gasteiger charge is 2.28. The van der Waals surface area contributed by atoms with Crippen LogP contribution in [-0.4, -0.2) is 35.1 Å². The van der Waals surface area contributed by atoms with Crippen molar-refractivity contribution in [1.82, 2.24) is 19.8 Å². The Morgan fingerprint density at radius 1 is 1.28 bits per heavy atom. The number of benzene rings is 1. The summed E-state index contributed by atoms with van der Waals surface area (Å²) < 4.78 is 41.4. The quantitative estimate of drug-likeness (QED) is 0.283. The van der Waals surface area contributed by atoms with E-state index in [4.69, 9.17) is 9.15 Å². The molecule has 0 unspecified atom stereocenters. The first-order valence-electron chi connectivity index (χ1n) is 11.3. The Morgan fingerprint density at radius 3 is 2.58 bits per heavy atom. The van der Waals surface area contributed by atoms with E-state index in [1.165, 1.54) is 17.0 Å². The molecule has 2 N–H and O–H groups in total. The zero-order valence-electron chi connectivity index (χ0n) is 20.6. The Kier molecular flexibility index (Phi) is 8.15. The summed E-state index contributed by atoms with van der Waals surface area (Å²) in [6.45, 7) is 8.91. The summed E-state index contributed by atoms with van der Waals surface area (Å²) in [6.07, 6.45) is 2.01. The molecule has 3 aromatic rings. The average Bonchev–Trinajstić information content (AvgIpc) is 3.45. The number of hydrogen-bond acceptors (Lipinski definition) is 8. The van der Waals surface area contributed by atoms with Crippen LogP contribution in [-0.2, 0) is 16.6 Å². The highest BCUT2D eigenvalue weighted by atomic mass is 32.2. The third kappa shape index (κ3) is 5.91. The van der Waals surface area contributed by atoms with Gasteiger partial charge in [-0.25, -0.2) is 17.8 Å². The van der Waals surface area contributed by atoms with Gasteiger partial charge in [0.15, 0.2) is 5.69 Å². The standard InChI is InChI=1S/C23H29N5O7S/c1-6-15(4)26-36(32,33)20-12-17(28(30)31)9-10-19(20)35-23-16(5)21(25-27(23)14(2)3)22(29)24-13-18-8-7-11-34-18/h7-12,14-15,26H,6,13H2,1-5H3,(H,24,29)/t15-/m1/s1. The predicted octanol–water partition coefficient (Wildman–Crippen LogP) is 4.07. The van der Waals surface area contributed by atoms with Crippen molar-refractivity contribution in [3.8, 4) is 11.6 Å². The van der Waals surface area contributed by atoms with Crippen LogP contribution in [0.3, 0.4) is 0 Å². The first kappa shape index (κ1) is 26.9. The molecule has 0 aliphatic carbocycles. The number of non-ortho nitro benzene ring substituents is 1. The van der Waals surface area contributed by atoms with Crippen molar-refractivity contribution >= 4 is 21.6 Å². The molecule has 13 heteroatoms. The van der Waals surface area contributed by atoms with Gasteiger partial charge < -0.3 is 14.5 Å². The number of nitrogens with one attached hydrogen (secondary N) is 2. The zero-order chi connectivity index (χ0) is 26.6. The number of aromatic nitrogens is 2. The molecular formula is C23H29N5O7S. The van der Waals surface area contributed by atoms with Gasteiger partial charge in [0.25, 0.3) is 11.6 Å². The fourth-order valence-corrected chi connectivity index (χ4v) is 4.75. The van der Waals surface area contributed by atoms with E-state index >= 15 is 0 Å². The molecule has 0 bridgehead atoms. The molecule has 0 saturated heterocycles. The Bertz CT molecular complexity index is 1350. The molecule has 2 heterocycles. The van der Waals surface area contributed by atoms with E-state index < -0.39 is 37.5 Å². The van der Waals surface area contributed by atoms with Crippen LogP contribution in [0.2, 0.25) is 0 Å². The van der Waals surface area contributed by atoms with Crippen LogP contribution in [0.15, 0.2) is 45.9 Å². The lowest BCUT2D eigenvalue weighted by atomic mass is 10.2. The minimum Gasteiger partial charge on any atom is -0.467 e. The molecule has 0 aliphatic heterocycles. The second-order valence-corrected chi connectivity index (χ2v) is 10.2. The van der Waals surface area contributed by atoms with Crippen LogP contribution in [0.5, 0.6) is 11.6 Å². The first-order valence-corrected chi connectivity index (χ1v) is 12.8. The summed E-state index contributed by atoms with van der Waals surface area (Å²) in [6, 6.07) is 6.09. The summed E-state index contributed by atoms with van der Waals surface area (Å²) >= 11 is 0. The van der Waals surface area contributed by atoms with E-state index in [0.29, 0.717) is 17.7 Å². The van der Waals surface area contributed by atoms with E-state index in [1.54, 1.807) is 32.9 Å². The van der Waals surface area contributed by atoms with Crippen LogP contribution < -0.4 is 14.8 Å². The molecule has 0 fully saturated rings. The molecule has 194 valence electrons. The van der Waals surface area contributed by atoms with Crippen LogP contribution in [0, 0.1) is 17.0 Å². The molecule has 0 radical (unpaired) electrons. The van der Waals surface area contributed by atoms with Crippen LogP contribution in [0.1, 0.15) is 62.0 Å². The monoisotopic (exact) mass is 519 g/mol. The smallest absolute Gasteiger partial charge is 0.272 e. The van der Waals surface area contributed by atoms with Gasteiger partial charge in [0.1, 0.15) is 16.4 Å². The van der Waals surface area contributed by atoms with Gasteiger partial charge in [-0.2, -0.15) is 5.10 Å². The molecule has 36 heavy (non-hydrogen) atoms. The lowest BCUT2D eigenvalue weighted by molar-refractivity contribution is -0.385. The summed E-state index contributed by atoms with van der Waals surface area (Å²) in [5, 5.41) is 18.4. The van der Waals surface area contributed by atoms with Gasteiger partial charge in [0.2, 0.25) is 15.9 Å². The molecule has 1 amide bonds. The number of rotatable bonds is 11. The second kappa shape index (κ2) is 10.9. The Labute approximate surface area is 208 Å². The van der Waals surface area contributed by atoms with Gasteiger partial charge in [0, 0.05) is 23.7 Å². The molecule has 0 spiro atoms. The number of amides is 1. The number of nitro benzene ring substituents is 1. The van der Waals surface area contributed by atoms with E-state index in [2.05, 4.69) is 15.1 Å². The molecule has 12 nitrogen and oxygen atoms in total. The highest BCUT2D eigenvalue weighted by molar-refractivity contribution is 7.89. The summed E-state index contributed by atoms with van der Waals surface area (Å²) in [7, 11) is -4.17. The number of nitro groups is 1. The summed E-state index contributed by atoms with van der Waals surface area (Å²) in [4.78, 5) is 23.1. The van der Waals surface area contributed by atoms with E-state index in [0.717, 1.165) is 12.1 Å². The molecule has 2 aromatic heterocycles. The van der Waals surface area contributed by atoms with Gasteiger partial charge in [-0.15, -0.1) is 0 Å². The lowest BCUT2D eigenvalue weighted by Crippen LogP contribution is -2.32. The predicted molar refractivity (Wildman–Crippen MR) is 130 cm³/mol. The van der Waals surface area contributed by atoms with Crippen molar-refractivity contribution in [2.75, 3.05) is 0 Å². The molecular weight excluding hydrogens is 490 g/mol. The fraction of sp³-hybridized carbons (Fsp3) is 0.391. The van der Waals surface area contributed by atoms with Gasteiger partial charge in [-0.1, -0.05) is 6.92 Å². The third-order valence-electron chi connectivity index (χ3n) is 5.40. The lowest BCUT2D eigenvalue weighted by Gasteiger charge is -2.17.